The standard InChI is InChI=1S/C20H26BrN3O2/c1-4-23(5-2)13-14-24(19-12-11-16(21)15-22-19)20(25)17-9-7-8-10-18(17)26-6-3/h7-12,15H,4-6,13-14H2,1-3H3. The summed E-state index contributed by atoms with van der Waals surface area (Å²) < 4.78 is 6.53. The molecular formula is C20H26BrN3O2. The number of carbonyl (C=O) groups is 1. The number of aromatic nitrogens is 1. The lowest BCUT2D eigenvalue weighted by molar-refractivity contribution is 0.0979. The van der Waals surface area contributed by atoms with Gasteiger partial charge in [-0.15, -0.1) is 0 Å². The molecule has 2 aromatic rings. The molecule has 0 unspecified atom stereocenters. The lowest BCUT2D eigenvalue weighted by atomic mass is 10.1. The molecule has 0 aliphatic heterocycles. The predicted octanol–water partition coefficient (Wildman–Crippen LogP) is 4.23. The third-order valence-electron chi connectivity index (χ3n) is 4.19. The Bertz CT molecular complexity index is 702. The Hall–Kier alpha value is -1.92. The molecule has 0 spiro atoms. The second-order valence-electron chi connectivity index (χ2n) is 5.75. The molecule has 0 bridgehead atoms. The summed E-state index contributed by atoms with van der Waals surface area (Å²) in [6.45, 7) is 9.92. The molecule has 2 rings (SSSR count). The van der Waals surface area contributed by atoms with E-state index in [-0.39, 0.29) is 5.91 Å². The fourth-order valence-electron chi connectivity index (χ4n) is 2.70. The first-order valence-corrected chi connectivity index (χ1v) is 9.77. The average Bonchev–Trinajstić information content (AvgIpc) is 2.67. The quantitative estimate of drug-likeness (QED) is 0.609. The summed E-state index contributed by atoms with van der Waals surface area (Å²) in [6.07, 6.45) is 1.71. The van der Waals surface area contributed by atoms with Crippen LogP contribution in [0.3, 0.4) is 0 Å². The van der Waals surface area contributed by atoms with Crippen molar-refractivity contribution >= 4 is 27.7 Å². The Morgan fingerprint density at radius 3 is 2.42 bits per heavy atom. The van der Waals surface area contributed by atoms with Crippen LogP contribution in [0.15, 0.2) is 47.1 Å². The number of rotatable bonds is 9. The summed E-state index contributed by atoms with van der Waals surface area (Å²) in [5.74, 6) is 1.14. The maximum absolute atomic E-state index is 13.3. The molecule has 0 aliphatic rings. The van der Waals surface area contributed by atoms with Crippen molar-refractivity contribution in [2.45, 2.75) is 20.8 Å². The average molecular weight is 420 g/mol. The normalized spacial score (nSPS) is 10.8. The zero-order valence-corrected chi connectivity index (χ0v) is 17.2. The number of halogens is 1. The van der Waals surface area contributed by atoms with Crippen molar-refractivity contribution in [1.82, 2.24) is 9.88 Å². The molecule has 26 heavy (non-hydrogen) atoms. The van der Waals surface area contributed by atoms with Crippen molar-refractivity contribution in [3.05, 3.63) is 52.6 Å². The van der Waals surface area contributed by atoms with Crippen LogP contribution in [0.4, 0.5) is 5.82 Å². The smallest absolute Gasteiger partial charge is 0.263 e. The van der Waals surface area contributed by atoms with Crippen LogP contribution >= 0.6 is 15.9 Å². The molecule has 1 heterocycles. The minimum Gasteiger partial charge on any atom is -0.493 e. The van der Waals surface area contributed by atoms with Crippen LogP contribution in [0.1, 0.15) is 31.1 Å². The molecule has 5 nitrogen and oxygen atoms in total. The van der Waals surface area contributed by atoms with Crippen molar-refractivity contribution in [2.24, 2.45) is 0 Å². The van der Waals surface area contributed by atoms with Gasteiger partial charge in [-0.05, 0) is 60.2 Å². The molecule has 0 radical (unpaired) electrons. The number of hydrogen-bond acceptors (Lipinski definition) is 4. The van der Waals surface area contributed by atoms with Gasteiger partial charge in [-0.1, -0.05) is 26.0 Å². The van der Waals surface area contributed by atoms with Gasteiger partial charge in [0.25, 0.3) is 5.91 Å². The molecule has 0 fully saturated rings. The first kappa shape index (κ1) is 20.4. The van der Waals surface area contributed by atoms with E-state index >= 15 is 0 Å². The van der Waals surface area contributed by atoms with E-state index < -0.39 is 0 Å². The van der Waals surface area contributed by atoms with Gasteiger partial charge in [-0.25, -0.2) is 4.98 Å². The van der Waals surface area contributed by atoms with Gasteiger partial charge in [-0.2, -0.15) is 0 Å². The zero-order chi connectivity index (χ0) is 18.9. The number of ether oxygens (including phenoxy) is 1. The van der Waals surface area contributed by atoms with Crippen molar-refractivity contribution < 1.29 is 9.53 Å². The van der Waals surface area contributed by atoms with E-state index in [1.807, 2.05) is 37.3 Å². The van der Waals surface area contributed by atoms with Crippen LogP contribution in [0.25, 0.3) is 0 Å². The van der Waals surface area contributed by atoms with Gasteiger partial charge in [0.2, 0.25) is 0 Å². The molecule has 0 atom stereocenters. The molecule has 1 aromatic heterocycles. The number of hydrogen-bond donors (Lipinski definition) is 0. The van der Waals surface area contributed by atoms with Crippen LogP contribution in [0, 0.1) is 0 Å². The van der Waals surface area contributed by atoms with Gasteiger partial charge in [0.05, 0.1) is 12.2 Å². The van der Waals surface area contributed by atoms with Gasteiger partial charge < -0.3 is 9.64 Å². The third kappa shape index (κ3) is 5.29. The van der Waals surface area contributed by atoms with Crippen LogP contribution in [0.5, 0.6) is 5.75 Å². The van der Waals surface area contributed by atoms with Crippen molar-refractivity contribution in [2.75, 3.05) is 37.7 Å². The van der Waals surface area contributed by atoms with E-state index in [0.29, 0.717) is 30.3 Å². The van der Waals surface area contributed by atoms with E-state index in [4.69, 9.17) is 4.74 Å². The first-order chi connectivity index (χ1) is 12.6. The maximum Gasteiger partial charge on any atom is 0.263 e. The summed E-state index contributed by atoms with van der Waals surface area (Å²) in [5.41, 5.74) is 0.554. The lowest BCUT2D eigenvalue weighted by Gasteiger charge is -2.26. The second-order valence-corrected chi connectivity index (χ2v) is 6.66. The third-order valence-corrected chi connectivity index (χ3v) is 4.65. The van der Waals surface area contributed by atoms with Gasteiger partial charge >= 0.3 is 0 Å². The Kier molecular flexibility index (Phi) is 8.06. The highest BCUT2D eigenvalue weighted by molar-refractivity contribution is 9.10. The number of nitrogens with zero attached hydrogens (tertiary/aromatic N) is 3. The molecule has 6 heteroatoms. The molecule has 0 saturated heterocycles. The summed E-state index contributed by atoms with van der Waals surface area (Å²) >= 11 is 3.40. The van der Waals surface area contributed by atoms with Crippen LogP contribution in [-0.4, -0.2) is 48.6 Å². The van der Waals surface area contributed by atoms with E-state index in [1.54, 1.807) is 17.2 Å². The Morgan fingerprint density at radius 1 is 1.08 bits per heavy atom. The molecule has 1 aromatic carbocycles. The topological polar surface area (TPSA) is 45.7 Å². The van der Waals surface area contributed by atoms with Crippen LogP contribution < -0.4 is 9.64 Å². The fourth-order valence-corrected chi connectivity index (χ4v) is 2.93. The molecule has 1 amide bonds. The van der Waals surface area contributed by atoms with Gasteiger partial charge in [0, 0.05) is 23.8 Å². The highest BCUT2D eigenvalue weighted by Gasteiger charge is 2.22. The molecule has 140 valence electrons. The first-order valence-electron chi connectivity index (χ1n) is 8.98. The van der Waals surface area contributed by atoms with Gasteiger partial charge in [-0.3, -0.25) is 9.69 Å². The van der Waals surface area contributed by atoms with Crippen molar-refractivity contribution in [3.8, 4) is 5.75 Å². The second kappa shape index (κ2) is 10.3. The highest BCUT2D eigenvalue weighted by Crippen LogP contribution is 2.23. The Labute approximate surface area is 164 Å². The summed E-state index contributed by atoms with van der Waals surface area (Å²) in [6, 6.07) is 11.1. The largest absolute Gasteiger partial charge is 0.493 e. The highest BCUT2D eigenvalue weighted by atomic mass is 79.9. The SMILES string of the molecule is CCOc1ccccc1C(=O)N(CCN(CC)CC)c1ccc(Br)cn1. The summed E-state index contributed by atoms with van der Waals surface area (Å²) in [5, 5.41) is 0. The van der Waals surface area contributed by atoms with E-state index in [0.717, 1.165) is 24.1 Å². The van der Waals surface area contributed by atoms with Crippen LogP contribution in [-0.2, 0) is 0 Å². The monoisotopic (exact) mass is 419 g/mol. The Morgan fingerprint density at radius 2 is 1.81 bits per heavy atom. The van der Waals surface area contributed by atoms with E-state index in [1.165, 1.54) is 0 Å². The maximum atomic E-state index is 13.3. The number of pyridine rings is 1. The zero-order valence-electron chi connectivity index (χ0n) is 15.6. The number of amides is 1. The fraction of sp³-hybridized carbons (Fsp3) is 0.400. The van der Waals surface area contributed by atoms with Gasteiger partial charge in [0.15, 0.2) is 0 Å². The van der Waals surface area contributed by atoms with Crippen molar-refractivity contribution in [3.63, 3.8) is 0 Å². The number of anilines is 1. The predicted molar refractivity (Wildman–Crippen MR) is 109 cm³/mol. The number of benzene rings is 1. The van der Waals surface area contributed by atoms with E-state index in [2.05, 4.69) is 39.7 Å². The molecule has 0 N–H and O–H groups in total. The lowest BCUT2D eigenvalue weighted by Crippen LogP contribution is -2.39. The van der Waals surface area contributed by atoms with Crippen LogP contribution in [0.2, 0.25) is 0 Å². The molecule has 0 saturated carbocycles. The molecule has 0 aliphatic carbocycles. The minimum atomic E-state index is -0.101. The van der Waals surface area contributed by atoms with Crippen molar-refractivity contribution in [1.29, 1.82) is 0 Å². The Balaban J connectivity index is 2.33. The summed E-state index contributed by atoms with van der Waals surface area (Å²) in [4.78, 5) is 21.7. The number of para-hydroxylation sites is 1. The number of carbonyl (C=O) groups excluding carboxylic acids is 1. The van der Waals surface area contributed by atoms with E-state index in [9.17, 15) is 4.79 Å². The number of likely N-dealkylation sites (N-methyl/N-ethyl adjacent to an activating group) is 1. The molecular weight excluding hydrogens is 394 g/mol. The van der Waals surface area contributed by atoms with Gasteiger partial charge in [0.1, 0.15) is 11.6 Å². The summed E-state index contributed by atoms with van der Waals surface area (Å²) in [7, 11) is 0. The minimum absolute atomic E-state index is 0.101.